The van der Waals surface area contributed by atoms with E-state index in [1.807, 2.05) is 37.5 Å². The molecule has 1 fully saturated rings. The highest BCUT2D eigenvalue weighted by Crippen LogP contribution is 2.25. The molecule has 0 saturated carbocycles. The number of hydrogen-bond donors (Lipinski definition) is 1. The van der Waals surface area contributed by atoms with Crippen molar-refractivity contribution in [2.24, 2.45) is 0 Å². The topological polar surface area (TPSA) is 53.9 Å². The van der Waals surface area contributed by atoms with Crippen LogP contribution in [0.4, 0.5) is 11.8 Å². The summed E-state index contributed by atoms with van der Waals surface area (Å²) in [6, 6.07) is 5.99. The Kier molecular flexibility index (Phi) is 4.10. The predicted molar refractivity (Wildman–Crippen MR) is 83.8 cm³/mol. The number of likely N-dealkylation sites (tertiary alicyclic amines) is 1. The lowest BCUT2D eigenvalue weighted by atomic mass is 9.95. The zero-order chi connectivity index (χ0) is 14.7. The molecule has 0 radical (unpaired) electrons. The van der Waals surface area contributed by atoms with Crippen molar-refractivity contribution in [1.82, 2.24) is 19.9 Å². The van der Waals surface area contributed by atoms with Crippen LogP contribution in [0.5, 0.6) is 0 Å². The van der Waals surface area contributed by atoms with Crippen molar-refractivity contribution in [1.29, 1.82) is 0 Å². The van der Waals surface area contributed by atoms with E-state index in [-0.39, 0.29) is 0 Å². The van der Waals surface area contributed by atoms with E-state index in [2.05, 4.69) is 32.2 Å². The van der Waals surface area contributed by atoms with Crippen LogP contribution in [-0.4, -0.2) is 40.0 Å². The largest absolute Gasteiger partial charge is 0.309 e. The Morgan fingerprint density at radius 1 is 1.24 bits per heavy atom. The van der Waals surface area contributed by atoms with Crippen LogP contribution in [0.15, 0.2) is 30.6 Å². The van der Waals surface area contributed by atoms with Crippen LogP contribution in [0, 0.1) is 6.92 Å². The second kappa shape index (κ2) is 6.18. The highest BCUT2D eigenvalue weighted by atomic mass is 15.1. The molecule has 0 bridgehead atoms. The van der Waals surface area contributed by atoms with Crippen molar-refractivity contribution in [2.45, 2.75) is 25.7 Å². The Hall–Kier alpha value is -2.01. The number of nitrogens with zero attached hydrogens (tertiary/aromatic N) is 4. The minimum absolute atomic E-state index is 0.498. The lowest BCUT2D eigenvalue weighted by molar-refractivity contribution is 0.248. The number of piperidine rings is 1. The quantitative estimate of drug-likeness (QED) is 0.938. The number of aryl methyl sites for hydroxylation is 1. The molecule has 1 saturated heterocycles. The van der Waals surface area contributed by atoms with E-state index in [1.54, 1.807) is 0 Å². The lowest BCUT2D eigenvalue weighted by Gasteiger charge is -2.29. The molecule has 0 aromatic carbocycles. The van der Waals surface area contributed by atoms with Crippen molar-refractivity contribution in [3.8, 4) is 0 Å². The van der Waals surface area contributed by atoms with Gasteiger partial charge >= 0.3 is 0 Å². The lowest BCUT2D eigenvalue weighted by Crippen LogP contribution is -2.31. The highest BCUT2D eigenvalue weighted by molar-refractivity contribution is 5.47. The molecule has 1 aliphatic rings. The summed E-state index contributed by atoms with van der Waals surface area (Å²) >= 11 is 0. The first-order valence-electron chi connectivity index (χ1n) is 7.42. The van der Waals surface area contributed by atoms with Gasteiger partial charge in [0.05, 0.1) is 5.69 Å². The van der Waals surface area contributed by atoms with Crippen molar-refractivity contribution >= 4 is 11.8 Å². The number of pyridine rings is 1. The fourth-order valence-electron chi connectivity index (χ4n) is 2.72. The van der Waals surface area contributed by atoms with Gasteiger partial charge in [-0.05, 0) is 51.1 Å². The van der Waals surface area contributed by atoms with Gasteiger partial charge in [-0.15, -0.1) is 0 Å². The number of nitrogens with one attached hydrogen (secondary N) is 1. The van der Waals surface area contributed by atoms with Crippen LogP contribution in [0.2, 0.25) is 0 Å². The molecule has 5 heteroatoms. The normalized spacial score (nSPS) is 19.4. The fourth-order valence-corrected chi connectivity index (χ4v) is 2.72. The Bertz CT molecular complexity index is 596. The van der Waals surface area contributed by atoms with Crippen LogP contribution >= 0.6 is 0 Å². The van der Waals surface area contributed by atoms with E-state index in [0.717, 1.165) is 23.6 Å². The van der Waals surface area contributed by atoms with E-state index >= 15 is 0 Å². The maximum absolute atomic E-state index is 4.66. The molecule has 1 aliphatic heterocycles. The molecule has 0 amide bonds. The first kappa shape index (κ1) is 13.9. The number of rotatable bonds is 3. The molecule has 0 aliphatic carbocycles. The molecule has 3 heterocycles. The highest BCUT2D eigenvalue weighted by Gasteiger charge is 2.20. The number of likely N-dealkylation sites (N-methyl/N-ethyl adjacent to an activating group) is 1. The third kappa shape index (κ3) is 3.55. The van der Waals surface area contributed by atoms with Crippen molar-refractivity contribution in [3.63, 3.8) is 0 Å². The van der Waals surface area contributed by atoms with Crippen molar-refractivity contribution in [3.05, 3.63) is 41.9 Å². The first-order chi connectivity index (χ1) is 10.2. The zero-order valence-electron chi connectivity index (χ0n) is 12.6. The monoisotopic (exact) mass is 283 g/mol. The van der Waals surface area contributed by atoms with Gasteiger partial charge in [-0.1, -0.05) is 6.07 Å². The average Bonchev–Trinajstić information content (AvgIpc) is 2.50. The van der Waals surface area contributed by atoms with Gasteiger partial charge in [-0.3, -0.25) is 0 Å². The molecule has 1 atom stereocenters. The number of anilines is 2. The average molecular weight is 283 g/mol. The Morgan fingerprint density at radius 3 is 2.90 bits per heavy atom. The molecular formula is C16H21N5. The number of hydrogen-bond acceptors (Lipinski definition) is 5. The smallest absolute Gasteiger partial charge is 0.228 e. The molecule has 0 spiro atoms. The molecular weight excluding hydrogens is 262 g/mol. The van der Waals surface area contributed by atoms with E-state index in [0.29, 0.717) is 11.9 Å². The van der Waals surface area contributed by atoms with Crippen molar-refractivity contribution in [2.75, 3.05) is 25.5 Å². The molecule has 21 heavy (non-hydrogen) atoms. The Labute approximate surface area is 125 Å². The Balaban J connectivity index is 1.75. The third-order valence-electron chi connectivity index (χ3n) is 3.87. The van der Waals surface area contributed by atoms with Crippen LogP contribution in [0.3, 0.4) is 0 Å². The molecule has 3 rings (SSSR count). The van der Waals surface area contributed by atoms with Gasteiger partial charge < -0.3 is 10.2 Å². The van der Waals surface area contributed by atoms with Crippen molar-refractivity contribution < 1.29 is 0 Å². The maximum atomic E-state index is 4.66. The summed E-state index contributed by atoms with van der Waals surface area (Å²) in [5, 5.41) is 3.17. The summed E-state index contributed by atoms with van der Waals surface area (Å²) in [4.78, 5) is 15.6. The van der Waals surface area contributed by atoms with Crippen LogP contribution < -0.4 is 5.32 Å². The predicted octanol–water partition coefficient (Wildman–Crippen LogP) is 2.73. The van der Waals surface area contributed by atoms with Gasteiger partial charge in [0.1, 0.15) is 5.82 Å². The van der Waals surface area contributed by atoms with Crippen LogP contribution in [0.1, 0.15) is 30.0 Å². The van der Waals surface area contributed by atoms with Gasteiger partial charge in [0.2, 0.25) is 5.95 Å². The van der Waals surface area contributed by atoms with Gasteiger partial charge in [0, 0.05) is 24.9 Å². The third-order valence-corrected chi connectivity index (χ3v) is 3.87. The molecule has 110 valence electrons. The van der Waals surface area contributed by atoms with E-state index in [9.17, 15) is 0 Å². The van der Waals surface area contributed by atoms with E-state index in [4.69, 9.17) is 0 Å². The van der Waals surface area contributed by atoms with E-state index in [1.165, 1.54) is 19.4 Å². The maximum Gasteiger partial charge on any atom is 0.228 e. The van der Waals surface area contributed by atoms with Gasteiger partial charge in [-0.2, -0.15) is 0 Å². The Morgan fingerprint density at radius 2 is 2.14 bits per heavy atom. The molecule has 5 nitrogen and oxygen atoms in total. The summed E-state index contributed by atoms with van der Waals surface area (Å²) in [5.74, 6) is 1.90. The standard InChI is InChI=1S/C16H21N5/c1-12-5-6-15(18-10-12)20-16-17-8-7-14(19-16)13-4-3-9-21(2)11-13/h5-8,10,13H,3-4,9,11H2,1-2H3,(H,17,18,19,20)/t13-/m0/s1. The number of aromatic nitrogens is 3. The molecule has 2 aromatic rings. The molecule has 1 N–H and O–H groups in total. The van der Waals surface area contributed by atoms with Gasteiger partial charge in [0.25, 0.3) is 0 Å². The zero-order valence-corrected chi connectivity index (χ0v) is 12.6. The summed E-state index contributed by atoms with van der Waals surface area (Å²) in [5.41, 5.74) is 2.26. The molecule has 2 aromatic heterocycles. The summed E-state index contributed by atoms with van der Waals surface area (Å²) in [6.45, 7) is 4.27. The first-order valence-corrected chi connectivity index (χ1v) is 7.42. The minimum atomic E-state index is 0.498. The summed E-state index contributed by atoms with van der Waals surface area (Å²) < 4.78 is 0. The van der Waals surface area contributed by atoms with E-state index < -0.39 is 0 Å². The second-order valence-electron chi connectivity index (χ2n) is 5.75. The summed E-state index contributed by atoms with van der Waals surface area (Å²) in [7, 11) is 2.17. The van der Waals surface area contributed by atoms with Crippen LogP contribution in [0.25, 0.3) is 0 Å². The summed E-state index contributed by atoms with van der Waals surface area (Å²) in [6.07, 6.45) is 6.09. The minimum Gasteiger partial charge on any atom is -0.309 e. The SMILES string of the molecule is Cc1ccc(Nc2nccc([C@H]3CCCN(C)C3)n2)nc1. The molecule has 0 unspecified atom stereocenters. The van der Waals surface area contributed by atoms with Gasteiger partial charge in [-0.25, -0.2) is 15.0 Å². The van der Waals surface area contributed by atoms with Gasteiger partial charge in [0.15, 0.2) is 0 Å². The van der Waals surface area contributed by atoms with Crippen LogP contribution in [-0.2, 0) is 0 Å². The second-order valence-corrected chi connectivity index (χ2v) is 5.75. The fraction of sp³-hybridized carbons (Fsp3) is 0.438.